The number of methoxy groups -OCH3 is 1. The monoisotopic (exact) mass is 446 g/mol. The van der Waals surface area contributed by atoms with Gasteiger partial charge in [0.25, 0.3) is 0 Å². The van der Waals surface area contributed by atoms with Crippen molar-refractivity contribution in [3.63, 3.8) is 0 Å². The standard InChI is InChI=1S/C27H26O6/c1-27(2,3)33-24-10-5-19(6-11-24)7-18-25(28)31-22-12-8-20(9-13-22)26(29)32-23-16-14-21(30-4)15-17-23/h5-18H,1-4H3/b18-7+. The first-order chi connectivity index (χ1) is 15.7. The van der Waals surface area contributed by atoms with E-state index in [0.29, 0.717) is 22.8 Å². The molecule has 0 saturated heterocycles. The van der Waals surface area contributed by atoms with Crippen LogP contribution in [0.1, 0.15) is 36.7 Å². The van der Waals surface area contributed by atoms with Crippen LogP contribution >= 0.6 is 0 Å². The Morgan fingerprint density at radius 1 is 0.697 bits per heavy atom. The molecule has 0 N–H and O–H groups in total. The van der Waals surface area contributed by atoms with E-state index in [2.05, 4.69) is 0 Å². The zero-order valence-corrected chi connectivity index (χ0v) is 19.0. The lowest BCUT2D eigenvalue weighted by atomic mass is 10.1. The molecular weight excluding hydrogens is 420 g/mol. The fraction of sp³-hybridized carbons (Fsp3) is 0.185. The number of ether oxygens (including phenoxy) is 4. The van der Waals surface area contributed by atoms with Crippen molar-refractivity contribution in [3.8, 4) is 23.0 Å². The number of rotatable bonds is 7. The Morgan fingerprint density at radius 2 is 1.21 bits per heavy atom. The lowest BCUT2D eigenvalue weighted by Crippen LogP contribution is -2.22. The van der Waals surface area contributed by atoms with Gasteiger partial charge in [0.2, 0.25) is 0 Å². The minimum Gasteiger partial charge on any atom is -0.497 e. The molecule has 0 aliphatic carbocycles. The highest BCUT2D eigenvalue weighted by molar-refractivity contribution is 5.92. The number of carbonyl (C=O) groups is 2. The summed E-state index contributed by atoms with van der Waals surface area (Å²) in [6.07, 6.45) is 3.00. The van der Waals surface area contributed by atoms with E-state index in [-0.39, 0.29) is 5.60 Å². The maximum Gasteiger partial charge on any atom is 0.343 e. The van der Waals surface area contributed by atoms with Crippen molar-refractivity contribution in [2.24, 2.45) is 0 Å². The van der Waals surface area contributed by atoms with Crippen LogP contribution in [0.25, 0.3) is 6.08 Å². The van der Waals surface area contributed by atoms with Crippen molar-refractivity contribution in [1.82, 2.24) is 0 Å². The molecule has 170 valence electrons. The summed E-state index contributed by atoms with van der Waals surface area (Å²) in [5, 5.41) is 0. The molecule has 0 amide bonds. The van der Waals surface area contributed by atoms with E-state index in [1.165, 1.54) is 30.3 Å². The molecule has 6 heteroatoms. The molecule has 0 radical (unpaired) electrons. The molecule has 0 aliphatic rings. The van der Waals surface area contributed by atoms with Gasteiger partial charge in [-0.15, -0.1) is 0 Å². The Morgan fingerprint density at radius 3 is 1.79 bits per heavy atom. The molecule has 33 heavy (non-hydrogen) atoms. The number of hydrogen-bond donors (Lipinski definition) is 0. The van der Waals surface area contributed by atoms with E-state index in [1.54, 1.807) is 37.5 Å². The molecule has 6 nitrogen and oxygen atoms in total. The van der Waals surface area contributed by atoms with Crippen LogP contribution in [0.5, 0.6) is 23.0 Å². The Labute approximate surface area is 193 Å². The average Bonchev–Trinajstić information content (AvgIpc) is 2.78. The highest BCUT2D eigenvalue weighted by Crippen LogP contribution is 2.20. The first-order valence-electron chi connectivity index (χ1n) is 10.4. The lowest BCUT2D eigenvalue weighted by Gasteiger charge is -2.21. The van der Waals surface area contributed by atoms with Crippen molar-refractivity contribution < 1.29 is 28.5 Å². The van der Waals surface area contributed by atoms with Crippen molar-refractivity contribution in [2.75, 3.05) is 7.11 Å². The first kappa shape index (κ1) is 23.6. The summed E-state index contributed by atoms with van der Waals surface area (Å²) in [6.45, 7) is 5.94. The fourth-order valence-corrected chi connectivity index (χ4v) is 2.78. The second kappa shape index (κ2) is 10.5. The van der Waals surface area contributed by atoms with Gasteiger partial charge in [-0.25, -0.2) is 9.59 Å². The van der Waals surface area contributed by atoms with Gasteiger partial charge in [0.1, 0.15) is 28.6 Å². The molecule has 0 aromatic heterocycles. The van der Waals surface area contributed by atoms with Gasteiger partial charge in [0.15, 0.2) is 0 Å². The maximum absolute atomic E-state index is 12.3. The van der Waals surface area contributed by atoms with Crippen LogP contribution in [-0.4, -0.2) is 24.6 Å². The summed E-state index contributed by atoms with van der Waals surface area (Å²) in [4.78, 5) is 24.4. The Hall–Kier alpha value is -4.06. The maximum atomic E-state index is 12.3. The smallest absolute Gasteiger partial charge is 0.343 e. The predicted octanol–water partition coefficient (Wildman–Crippen LogP) is 5.71. The summed E-state index contributed by atoms with van der Waals surface area (Å²) in [7, 11) is 1.56. The Balaban J connectivity index is 1.53. The minimum absolute atomic E-state index is 0.275. The predicted molar refractivity (Wildman–Crippen MR) is 126 cm³/mol. The van der Waals surface area contributed by atoms with Crippen LogP contribution in [0.4, 0.5) is 0 Å². The molecule has 3 rings (SSSR count). The molecule has 0 atom stereocenters. The van der Waals surface area contributed by atoms with Crippen LogP contribution in [0.2, 0.25) is 0 Å². The van der Waals surface area contributed by atoms with Gasteiger partial charge in [-0.1, -0.05) is 12.1 Å². The number of hydrogen-bond acceptors (Lipinski definition) is 6. The van der Waals surface area contributed by atoms with E-state index in [9.17, 15) is 9.59 Å². The van der Waals surface area contributed by atoms with Gasteiger partial charge in [-0.05, 0) is 93.1 Å². The molecule has 0 bridgehead atoms. The molecule has 0 unspecified atom stereocenters. The third-order valence-electron chi connectivity index (χ3n) is 4.29. The quantitative estimate of drug-likeness (QED) is 0.263. The van der Waals surface area contributed by atoms with Crippen LogP contribution in [0.3, 0.4) is 0 Å². The van der Waals surface area contributed by atoms with Gasteiger partial charge in [0.05, 0.1) is 12.7 Å². The van der Waals surface area contributed by atoms with Crippen LogP contribution in [-0.2, 0) is 4.79 Å². The molecule has 0 spiro atoms. The highest BCUT2D eigenvalue weighted by atomic mass is 16.5. The minimum atomic E-state index is -0.529. The largest absolute Gasteiger partial charge is 0.497 e. The third-order valence-corrected chi connectivity index (χ3v) is 4.29. The Kier molecular flexibility index (Phi) is 7.51. The van der Waals surface area contributed by atoms with Gasteiger partial charge in [-0.2, -0.15) is 0 Å². The van der Waals surface area contributed by atoms with E-state index < -0.39 is 11.9 Å². The van der Waals surface area contributed by atoms with Crippen LogP contribution < -0.4 is 18.9 Å². The molecule has 0 aliphatic heterocycles. The first-order valence-corrected chi connectivity index (χ1v) is 10.4. The van der Waals surface area contributed by atoms with Gasteiger partial charge in [-0.3, -0.25) is 0 Å². The van der Waals surface area contributed by atoms with Crippen LogP contribution in [0.15, 0.2) is 78.9 Å². The lowest BCUT2D eigenvalue weighted by molar-refractivity contribution is -0.128. The zero-order chi connectivity index (χ0) is 23.8. The fourth-order valence-electron chi connectivity index (χ4n) is 2.78. The van der Waals surface area contributed by atoms with Gasteiger partial charge < -0.3 is 18.9 Å². The molecule has 0 fully saturated rings. The summed E-state index contributed by atoms with van der Waals surface area (Å²) in [5.41, 5.74) is 0.895. The van der Waals surface area contributed by atoms with E-state index in [4.69, 9.17) is 18.9 Å². The Bertz CT molecular complexity index is 1110. The summed E-state index contributed by atoms with van der Waals surface area (Å²) in [6, 6.07) is 20.2. The molecule has 0 heterocycles. The van der Waals surface area contributed by atoms with Crippen LogP contribution in [0, 0.1) is 0 Å². The zero-order valence-electron chi connectivity index (χ0n) is 19.0. The van der Waals surface area contributed by atoms with Crippen molar-refractivity contribution in [3.05, 3.63) is 90.0 Å². The molecule has 3 aromatic carbocycles. The molecular formula is C27H26O6. The average molecular weight is 446 g/mol. The summed E-state index contributed by atoms with van der Waals surface area (Å²) in [5.74, 6) is 1.10. The van der Waals surface area contributed by atoms with Crippen molar-refractivity contribution in [2.45, 2.75) is 26.4 Å². The summed E-state index contributed by atoms with van der Waals surface area (Å²) >= 11 is 0. The molecule has 3 aromatic rings. The van der Waals surface area contributed by atoms with Gasteiger partial charge in [0, 0.05) is 6.08 Å². The van der Waals surface area contributed by atoms with E-state index in [1.807, 2.05) is 45.0 Å². The second-order valence-corrected chi connectivity index (χ2v) is 8.13. The summed E-state index contributed by atoms with van der Waals surface area (Å²) < 4.78 is 21.5. The second-order valence-electron chi connectivity index (χ2n) is 8.13. The van der Waals surface area contributed by atoms with E-state index >= 15 is 0 Å². The SMILES string of the molecule is COc1ccc(OC(=O)c2ccc(OC(=O)/C=C/c3ccc(OC(C)(C)C)cc3)cc2)cc1. The third kappa shape index (κ3) is 7.54. The molecule has 0 saturated carbocycles. The highest BCUT2D eigenvalue weighted by Gasteiger charge is 2.12. The topological polar surface area (TPSA) is 71.1 Å². The van der Waals surface area contributed by atoms with Crippen molar-refractivity contribution in [1.29, 1.82) is 0 Å². The number of esters is 2. The normalized spacial score (nSPS) is 11.2. The van der Waals surface area contributed by atoms with Gasteiger partial charge >= 0.3 is 11.9 Å². The van der Waals surface area contributed by atoms with Crippen molar-refractivity contribution >= 4 is 18.0 Å². The van der Waals surface area contributed by atoms with E-state index in [0.717, 1.165) is 11.3 Å². The number of carbonyl (C=O) groups excluding carboxylic acids is 2. The number of benzene rings is 3.